The summed E-state index contributed by atoms with van der Waals surface area (Å²) in [5.41, 5.74) is 8.99. The maximum absolute atomic E-state index is 11.8. The number of hydrazine groups is 1. The molecule has 0 fully saturated rings. The fourth-order valence-corrected chi connectivity index (χ4v) is 3.47. The highest BCUT2D eigenvalue weighted by atomic mass is 32.2. The van der Waals surface area contributed by atoms with Crippen LogP contribution in [-0.4, -0.2) is 33.9 Å². The van der Waals surface area contributed by atoms with Crippen molar-refractivity contribution in [3.05, 3.63) is 42.1 Å². The molecular weight excluding hydrogens is 382 g/mol. The summed E-state index contributed by atoms with van der Waals surface area (Å²) in [5, 5.41) is 8.33. The Labute approximate surface area is 150 Å². The van der Waals surface area contributed by atoms with Gasteiger partial charge >= 0.3 is 0 Å². The number of hydrogen-bond acceptors (Lipinski definition) is 8. The minimum Gasteiger partial charge on any atom is -0.382 e. The van der Waals surface area contributed by atoms with E-state index in [9.17, 15) is 16.8 Å². The monoisotopic (exact) mass is 399 g/mol. The molecule has 0 atom stereocenters. The van der Waals surface area contributed by atoms with Crippen molar-refractivity contribution in [1.82, 2.24) is 10.5 Å². The Morgan fingerprint density at radius 1 is 1.12 bits per heavy atom. The van der Waals surface area contributed by atoms with Crippen LogP contribution in [0.5, 0.6) is 0 Å². The second-order valence-electron chi connectivity index (χ2n) is 5.16. The first kappa shape index (κ1) is 19.6. The maximum Gasteiger partial charge on any atom is 0.256 e. The second-order valence-corrected chi connectivity index (χ2v) is 8.39. The van der Waals surface area contributed by atoms with Gasteiger partial charge in [0.15, 0.2) is 10.9 Å². The Bertz CT molecular complexity index is 1050. The Morgan fingerprint density at radius 3 is 2.23 bits per heavy atom. The molecule has 0 amide bonds. The fraction of sp³-hybridized carbons (Fsp3) is 0.0769. The second kappa shape index (κ2) is 7.25. The number of hydrazone groups is 1. The molecule has 11 nitrogen and oxygen atoms in total. The molecule has 1 heterocycles. The predicted octanol–water partition coefficient (Wildman–Crippen LogP) is -1.15. The van der Waals surface area contributed by atoms with Crippen LogP contribution in [0.3, 0.4) is 0 Å². The van der Waals surface area contributed by atoms with Crippen LogP contribution >= 0.6 is 0 Å². The molecule has 0 spiro atoms. The molecule has 0 radical (unpaired) electrons. The Balaban J connectivity index is 2.64. The maximum atomic E-state index is 11.8. The Hall–Kier alpha value is -2.74. The predicted molar refractivity (Wildman–Crippen MR) is 97.6 cm³/mol. The highest BCUT2D eigenvalue weighted by molar-refractivity contribution is 7.92. The summed E-state index contributed by atoms with van der Waals surface area (Å²) >= 11 is 0. The van der Waals surface area contributed by atoms with Gasteiger partial charge < -0.3 is 5.73 Å². The third-order valence-electron chi connectivity index (χ3n) is 3.13. The lowest BCUT2D eigenvalue weighted by molar-refractivity contribution is 0.593. The van der Waals surface area contributed by atoms with E-state index in [2.05, 4.69) is 14.8 Å². The largest absolute Gasteiger partial charge is 0.382 e. The Morgan fingerprint density at radius 2 is 1.73 bits per heavy atom. The lowest BCUT2D eigenvalue weighted by Crippen LogP contribution is -2.27. The van der Waals surface area contributed by atoms with E-state index in [0.717, 1.165) is 6.26 Å². The van der Waals surface area contributed by atoms with Gasteiger partial charge in [-0.1, -0.05) is 12.1 Å². The van der Waals surface area contributed by atoms with Crippen molar-refractivity contribution >= 4 is 31.6 Å². The number of rotatable bonds is 6. The molecule has 0 aliphatic carbocycles. The van der Waals surface area contributed by atoms with E-state index < -0.39 is 25.1 Å². The van der Waals surface area contributed by atoms with Crippen molar-refractivity contribution in [3.63, 3.8) is 0 Å². The quantitative estimate of drug-likeness (QED) is 0.174. The molecule has 0 saturated heterocycles. The van der Waals surface area contributed by atoms with Crippen LogP contribution in [0.1, 0.15) is 5.56 Å². The number of nitrogens with zero attached hydrogens (tertiary/aromatic N) is 2. The van der Waals surface area contributed by atoms with Gasteiger partial charge in [-0.15, -0.1) is 5.10 Å². The fourth-order valence-electron chi connectivity index (χ4n) is 2.20. The van der Waals surface area contributed by atoms with Crippen molar-refractivity contribution in [2.45, 2.75) is 5.03 Å². The first-order chi connectivity index (χ1) is 12.0. The minimum absolute atomic E-state index is 0.0308. The van der Waals surface area contributed by atoms with Gasteiger partial charge in [0.1, 0.15) is 0 Å². The van der Waals surface area contributed by atoms with Gasteiger partial charge in [-0.05, 0) is 29.3 Å². The SMILES string of the molecule is CS(=O)(=O)Nc1ccc(-c2ccnc(S(N)(=O)=O)c2/C(N)=N/NN)cc1. The van der Waals surface area contributed by atoms with Gasteiger partial charge in [0.25, 0.3) is 10.0 Å². The standard InChI is InChI=1S/C13H17N7O4S2/c1-25(21,22)19-9-4-2-8(3-5-9)10-6-7-17-13(26(16,23)24)11(10)12(14)18-20-15/h2-7,19-20H,15H2,1H3,(H2,14,18)(H2,16,23,24). The molecule has 0 unspecified atom stereocenters. The molecule has 26 heavy (non-hydrogen) atoms. The van der Waals surface area contributed by atoms with Gasteiger partial charge in [-0.2, -0.15) is 0 Å². The van der Waals surface area contributed by atoms with Crippen LogP contribution in [0.25, 0.3) is 11.1 Å². The number of amidine groups is 1. The zero-order chi connectivity index (χ0) is 19.5. The molecule has 13 heteroatoms. The van der Waals surface area contributed by atoms with E-state index in [1.54, 1.807) is 12.1 Å². The number of hydrogen-bond donors (Lipinski definition) is 5. The molecule has 0 saturated carbocycles. The van der Waals surface area contributed by atoms with Gasteiger partial charge in [0.05, 0.1) is 11.8 Å². The average Bonchev–Trinajstić information content (AvgIpc) is 2.53. The van der Waals surface area contributed by atoms with E-state index in [-0.39, 0.29) is 11.4 Å². The van der Waals surface area contributed by atoms with E-state index in [1.165, 1.54) is 24.4 Å². The van der Waals surface area contributed by atoms with Crippen molar-refractivity contribution in [2.75, 3.05) is 11.0 Å². The highest BCUT2D eigenvalue weighted by Gasteiger charge is 2.22. The van der Waals surface area contributed by atoms with Gasteiger partial charge in [-0.25, -0.2) is 38.3 Å². The third kappa shape index (κ3) is 4.66. The zero-order valence-corrected chi connectivity index (χ0v) is 15.2. The molecule has 2 rings (SSSR count). The average molecular weight is 399 g/mol. The third-order valence-corrected chi connectivity index (χ3v) is 4.58. The van der Waals surface area contributed by atoms with Gasteiger partial charge in [-0.3, -0.25) is 4.72 Å². The topological polar surface area (TPSA) is 196 Å². The van der Waals surface area contributed by atoms with Crippen molar-refractivity contribution in [2.24, 2.45) is 21.8 Å². The van der Waals surface area contributed by atoms with Crippen LogP contribution in [-0.2, 0) is 20.0 Å². The molecule has 0 aliphatic heterocycles. The number of anilines is 1. The first-order valence-electron chi connectivity index (χ1n) is 6.92. The molecular formula is C13H17N7O4S2. The lowest BCUT2D eigenvalue weighted by Gasteiger charge is -2.13. The lowest BCUT2D eigenvalue weighted by atomic mass is 10.0. The number of nitrogens with one attached hydrogen (secondary N) is 2. The van der Waals surface area contributed by atoms with Crippen LogP contribution in [0, 0.1) is 0 Å². The molecule has 1 aromatic heterocycles. The molecule has 0 aliphatic rings. The summed E-state index contributed by atoms with van der Waals surface area (Å²) in [7, 11) is -7.62. The number of nitrogens with two attached hydrogens (primary N) is 3. The summed E-state index contributed by atoms with van der Waals surface area (Å²) < 4.78 is 48.5. The van der Waals surface area contributed by atoms with Crippen LogP contribution in [0.15, 0.2) is 46.7 Å². The smallest absolute Gasteiger partial charge is 0.256 e. The van der Waals surface area contributed by atoms with Gasteiger partial charge in [0.2, 0.25) is 10.0 Å². The van der Waals surface area contributed by atoms with Crippen molar-refractivity contribution in [3.8, 4) is 11.1 Å². The van der Waals surface area contributed by atoms with Gasteiger partial charge in [0, 0.05) is 11.9 Å². The molecule has 1 aromatic carbocycles. The van der Waals surface area contributed by atoms with Crippen LogP contribution in [0.4, 0.5) is 5.69 Å². The van der Waals surface area contributed by atoms with E-state index in [4.69, 9.17) is 16.7 Å². The minimum atomic E-state index is -4.19. The first-order valence-corrected chi connectivity index (χ1v) is 10.4. The van der Waals surface area contributed by atoms with Crippen molar-refractivity contribution < 1.29 is 16.8 Å². The summed E-state index contributed by atoms with van der Waals surface area (Å²) in [4.78, 5) is 3.77. The molecule has 2 aromatic rings. The van der Waals surface area contributed by atoms with E-state index in [0.29, 0.717) is 16.8 Å². The number of sulfonamides is 2. The summed E-state index contributed by atoms with van der Waals surface area (Å²) in [6, 6.07) is 7.67. The van der Waals surface area contributed by atoms with Crippen molar-refractivity contribution in [1.29, 1.82) is 0 Å². The summed E-state index contributed by atoms with van der Waals surface area (Å²) in [5.74, 6) is 4.87. The summed E-state index contributed by atoms with van der Waals surface area (Å²) in [6.45, 7) is 0. The normalized spacial score (nSPS) is 12.7. The Kier molecular flexibility index (Phi) is 5.46. The number of primary sulfonamides is 1. The molecule has 140 valence electrons. The summed E-state index contributed by atoms with van der Waals surface area (Å²) in [6.07, 6.45) is 2.28. The number of aromatic nitrogens is 1. The molecule has 8 N–H and O–H groups in total. The van der Waals surface area contributed by atoms with Crippen LogP contribution < -0.4 is 27.0 Å². The highest BCUT2D eigenvalue weighted by Crippen LogP contribution is 2.28. The van der Waals surface area contributed by atoms with E-state index in [1.807, 2.05) is 5.53 Å². The van der Waals surface area contributed by atoms with Crippen LogP contribution in [0.2, 0.25) is 0 Å². The number of pyridine rings is 1. The zero-order valence-electron chi connectivity index (χ0n) is 13.5. The van der Waals surface area contributed by atoms with E-state index >= 15 is 0 Å². The number of benzene rings is 1. The molecule has 0 bridgehead atoms.